The first kappa shape index (κ1) is 17.7. The number of rotatable bonds is 5. The number of nitrogens with one attached hydrogen (secondary N) is 1. The number of hydrogen-bond acceptors (Lipinski definition) is 4. The third-order valence-corrected chi connectivity index (χ3v) is 5.67. The molecule has 0 saturated carbocycles. The number of likely N-dealkylation sites (tertiary alicyclic amines) is 1. The van der Waals surface area contributed by atoms with E-state index in [2.05, 4.69) is 10.3 Å². The SMILES string of the molecule is CCOCCC(=O)N1CC[C@]2(C(=O)Nc3ccccc32)[C@@H]1c1nccn1C. The number of ether oxygens (including phenoxy) is 1. The number of aryl methyl sites for hydroxylation is 1. The quantitative estimate of drug-likeness (QED) is 0.819. The summed E-state index contributed by atoms with van der Waals surface area (Å²) in [6.45, 7) is 3.39. The molecule has 2 aliphatic rings. The minimum Gasteiger partial charge on any atom is -0.381 e. The second-order valence-electron chi connectivity index (χ2n) is 7.05. The smallest absolute Gasteiger partial charge is 0.237 e. The van der Waals surface area contributed by atoms with Crippen LogP contribution < -0.4 is 5.32 Å². The number of fused-ring (bicyclic) bond motifs is 2. The maximum Gasteiger partial charge on any atom is 0.237 e. The molecular weight excluding hydrogens is 344 g/mol. The van der Waals surface area contributed by atoms with Crippen LogP contribution in [0.5, 0.6) is 0 Å². The molecule has 27 heavy (non-hydrogen) atoms. The highest BCUT2D eigenvalue weighted by Gasteiger charge is 2.60. The summed E-state index contributed by atoms with van der Waals surface area (Å²) < 4.78 is 7.26. The van der Waals surface area contributed by atoms with Crippen molar-refractivity contribution >= 4 is 17.5 Å². The molecule has 1 N–H and O–H groups in total. The molecule has 1 aromatic heterocycles. The molecule has 3 heterocycles. The van der Waals surface area contributed by atoms with Gasteiger partial charge in [0.15, 0.2) is 0 Å². The van der Waals surface area contributed by atoms with Gasteiger partial charge in [0.25, 0.3) is 0 Å². The lowest BCUT2D eigenvalue weighted by Gasteiger charge is -2.33. The Morgan fingerprint density at radius 1 is 1.41 bits per heavy atom. The summed E-state index contributed by atoms with van der Waals surface area (Å²) in [7, 11) is 1.90. The van der Waals surface area contributed by atoms with E-state index in [1.165, 1.54) is 0 Å². The monoisotopic (exact) mass is 368 g/mol. The minimum atomic E-state index is -0.809. The van der Waals surface area contributed by atoms with Gasteiger partial charge in [0.1, 0.15) is 17.3 Å². The molecule has 0 aliphatic carbocycles. The van der Waals surface area contributed by atoms with Crippen LogP contribution in [0.3, 0.4) is 0 Å². The van der Waals surface area contributed by atoms with Crippen LogP contribution in [0.4, 0.5) is 5.69 Å². The van der Waals surface area contributed by atoms with Crippen LogP contribution in [0.1, 0.15) is 37.2 Å². The Balaban J connectivity index is 1.78. The molecule has 1 spiro atoms. The zero-order chi connectivity index (χ0) is 19.0. The van der Waals surface area contributed by atoms with Crippen LogP contribution in [-0.4, -0.2) is 46.0 Å². The number of carbonyl (C=O) groups is 2. The summed E-state index contributed by atoms with van der Waals surface area (Å²) in [5, 5.41) is 3.01. The highest BCUT2D eigenvalue weighted by atomic mass is 16.5. The zero-order valence-corrected chi connectivity index (χ0v) is 15.6. The first-order valence-electron chi connectivity index (χ1n) is 9.35. The van der Waals surface area contributed by atoms with Gasteiger partial charge in [-0.1, -0.05) is 18.2 Å². The molecule has 2 aromatic rings. The van der Waals surface area contributed by atoms with Gasteiger partial charge in [-0.05, 0) is 25.0 Å². The van der Waals surface area contributed by atoms with Crippen molar-refractivity contribution in [3.8, 4) is 0 Å². The molecule has 7 heteroatoms. The predicted octanol–water partition coefficient (Wildman–Crippen LogP) is 2.01. The number of aromatic nitrogens is 2. The maximum atomic E-state index is 13.2. The summed E-state index contributed by atoms with van der Waals surface area (Å²) in [6, 6.07) is 7.31. The van der Waals surface area contributed by atoms with Gasteiger partial charge in [-0.2, -0.15) is 0 Å². The second kappa shape index (κ2) is 6.81. The standard InChI is InChI=1S/C20H24N4O3/c1-3-27-13-8-16(25)24-11-9-20(17(24)18-21-10-12-23(18)2)14-6-4-5-7-15(14)22-19(20)26/h4-7,10,12,17H,3,8-9,11,13H2,1-2H3,(H,22,26)/t17-,20+/m0/s1. The third kappa shape index (κ3) is 2.65. The Labute approximate surface area is 158 Å². The van der Waals surface area contributed by atoms with E-state index in [0.717, 1.165) is 17.1 Å². The molecule has 4 rings (SSSR count). The van der Waals surface area contributed by atoms with Gasteiger partial charge in [0, 0.05) is 38.3 Å². The van der Waals surface area contributed by atoms with Crippen molar-refractivity contribution in [2.75, 3.05) is 25.1 Å². The zero-order valence-electron chi connectivity index (χ0n) is 15.6. The number of amides is 2. The van der Waals surface area contributed by atoms with Gasteiger partial charge in [-0.3, -0.25) is 9.59 Å². The molecule has 2 aliphatic heterocycles. The van der Waals surface area contributed by atoms with Crippen molar-refractivity contribution in [1.82, 2.24) is 14.5 Å². The molecular formula is C20H24N4O3. The van der Waals surface area contributed by atoms with Crippen molar-refractivity contribution in [3.05, 3.63) is 48.0 Å². The number of hydrogen-bond donors (Lipinski definition) is 1. The van der Waals surface area contributed by atoms with Crippen LogP contribution in [0, 0.1) is 0 Å². The van der Waals surface area contributed by atoms with E-state index in [1.807, 2.05) is 53.9 Å². The van der Waals surface area contributed by atoms with Crippen LogP contribution in [-0.2, 0) is 26.8 Å². The number of imidazole rings is 1. The van der Waals surface area contributed by atoms with Crippen molar-refractivity contribution < 1.29 is 14.3 Å². The summed E-state index contributed by atoms with van der Waals surface area (Å²) >= 11 is 0. The number of nitrogens with zero attached hydrogens (tertiary/aromatic N) is 3. The highest BCUT2D eigenvalue weighted by molar-refractivity contribution is 6.07. The van der Waals surface area contributed by atoms with Gasteiger partial charge in [0.2, 0.25) is 11.8 Å². The van der Waals surface area contributed by atoms with Crippen molar-refractivity contribution in [2.24, 2.45) is 7.05 Å². The largest absolute Gasteiger partial charge is 0.381 e. The van der Waals surface area contributed by atoms with Gasteiger partial charge in [-0.15, -0.1) is 0 Å². The van der Waals surface area contributed by atoms with Crippen molar-refractivity contribution in [1.29, 1.82) is 0 Å². The van der Waals surface area contributed by atoms with Crippen LogP contribution in [0.2, 0.25) is 0 Å². The lowest BCUT2D eigenvalue weighted by Crippen LogP contribution is -2.44. The van der Waals surface area contributed by atoms with Crippen LogP contribution >= 0.6 is 0 Å². The molecule has 1 aromatic carbocycles. The molecule has 2 amide bonds. The summed E-state index contributed by atoms with van der Waals surface area (Å²) in [5.41, 5.74) is 0.963. The molecule has 7 nitrogen and oxygen atoms in total. The Morgan fingerprint density at radius 2 is 2.22 bits per heavy atom. The van der Waals surface area contributed by atoms with Gasteiger partial charge < -0.3 is 19.5 Å². The first-order valence-corrected chi connectivity index (χ1v) is 9.35. The molecule has 142 valence electrons. The first-order chi connectivity index (χ1) is 13.1. The second-order valence-corrected chi connectivity index (χ2v) is 7.05. The van der Waals surface area contributed by atoms with E-state index in [4.69, 9.17) is 4.74 Å². The Morgan fingerprint density at radius 3 is 2.96 bits per heavy atom. The Kier molecular flexibility index (Phi) is 4.47. The van der Waals surface area contributed by atoms with Crippen molar-refractivity contribution in [2.45, 2.75) is 31.2 Å². The molecule has 2 atom stereocenters. The summed E-state index contributed by atoms with van der Waals surface area (Å²) in [5.74, 6) is 0.659. The fourth-order valence-electron chi connectivity index (χ4n) is 4.40. The Bertz CT molecular complexity index is 878. The van der Waals surface area contributed by atoms with E-state index >= 15 is 0 Å². The normalized spacial score (nSPS) is 23.7. The fraction of sp³-hybridized carbons (Fsp3) is 0.450. The lowest BCUT2D eigenvalue weighted by atomic mass is 9.74. The van der Waals surface area contributed by atoms with Crippen molar-refractivity contribution in [3.63, 3.8) is 0 Å². The predicted molar refractivity (Wildman–Crippen MR) is 100 cm³/mol. The lowest BCUT2D eigenvalue weighted by molar-refractivity contribution is -0.134. The minimum absolute atomic E-state index is 0.00879. The highest BCUT2D eigenvalue weighted by Crippen LogP contribution is 2.54. The molecule has 0 unspecified atom stereocenters. The fourth-order valence-corrected chi connectivity index (χ4v) is 4.40. The number of para-hydroxylation sites is 1. The van der Waals surface area contributed by atoms with E-state index in [0.29, 0.717) is 32.6 Å². The average Bonchev–Trinajstić information content (AvgIpc) is 3.33. The summed E-state index contributed by atoms with van der Waals surface area (Å²) in [4.78, 5) is 32.5. The summed E-state index contributed by atoms with van der Waals surface area (Å²) in [6.07, 6.45) is 4.44. The van der Waals surface area contributed by atoms with E-state index < -0.39 is 11.5 Å². The van der Waals surface area contributed by atoms with Gasteiger partial charge in [-0.25, -0.2) is 4.98 Å². The van der Waals surface area contributed by atoms with E-state index in [1.54, 1.807) is 6.20 Å². The average molecular weight is 368 g/mol. The van der Waals surface area contributed by atoms with Crippen LogP contribution in [0.25, 0.3) is 0 Å². The number of carbonyl (C=O) groups excluding carboxylic acids is 2. The van der Waals surface area contributed by atoms with Crippen LogP contribution in [0.15, 0.2) is 36.7 Å². The number of benzene rings is 1. The van der Waals surface area contributed by atoms with Gasteiger partial charge >= 0.3 is 0 Å². The molecule has 1 fully saturated rings. The van der Waals surface area contributed by atoms with E-state index in [-0.39, 0.29) is 11.8 Å². The molecule has 1 saturated heterocycles. The van der Waals surface area contributed by atoms with Gasteiger partial charge in [0.05, 0.1) is 13.0 Å². The maximum absolute atomic E-state index is 13.2. The Hall–Kier alpha value is -2.67. The molecule has 0 bridgehead atoms. The topological polar surface area (TPSA) is 76.5 Å². The molecule has 0 radical (unpaired) electrons. The number of anilines is 1. The third-order valence-electron chi connectivity index (χ3n) is 5.67. The van der Waals surface area contributed by atoms with E-state index in [9.17, 15) is 9.59 Å².